The molecule has 1 aromatic carbocycles. The number of aliphatic hydroxyl groups excluding tert-OH is 1. The number of benzene rings is 1. The molecule has 2 atom stereocenters. The highest BCUT2D eigenvalue weighted by Crippen LogP contribution is 2.32. The lowest BCUT2D eigenvalue weighted by Gasteiger charge is -2.11. The maximum atomic E-state index is 10.8. The molecule has 1 saturated heterocycles. The van der Waals surface area contributed by atoms with Gasteiger partial charge in [0.25, 0.3) is 0 Å². The number of nitrogens with one attached hydrogen (secondary N) is 1. The van der Waals surface area contributed by atoms with Crippen LogP contribution in [0.1, 0.15) is 16.5 Å². The van der Waals surface area contributed by atoms with Crippen molar-refractivity contribution in [3.63, 3.8) is 0 Å². The largest absolute Gasteiger partial charge is 0.480 e. The lowest BCUT2D eigenvalue weighted by Crippen LogP contribution is -2.33. The van der Waals surface area contributed by atoms with Crippen molar-refractivity contribution in [1.29, 1.82) is 0 Å². The Hall–Kier alpha value is -1.04. The average Bonchev–Trinajstić information content (AvgIpc) is 2.78. The van der Waals surface area contributed by atoms with Crippen LogP contribution in [0.4, 0.5) is 0 Å². The van der Waals surface area contributed by atoms with Crippen LogP contribution in [0, 0.1) is 0 Å². The van der Waals surface area contributed by atoms with Crippen molar-refractivity contribution >= 4 is 17.7 Å². The number of carbonyl (C=O) groups is 1. The Morgan fingerprint density at radius 1 is 1.44 bits per heavy atom. The van der Waals surface area contributed by atoms with E-state index < -0.39 is 12.0 Å². The molecule has 3 N–H and O–H groups in total. The topological polar surface area (TPSA) is 69.6 Å². The van der Waals surface area contributed by atoms with E-state index in [2.05, 4.69) is 5.32 Å². The molecule has 1 aliphatic heterocycles. The first-order valence-electron chi connectivity index (χ1n) is 5.01. The summed E-state index contributed by atoms with van der Waals surface area (Å²) in [4.78, 5) is 10.8. The fraction of sp³-hybridized carbons (Fsp3) is 0.364. The summed E-state index contributed by atoms with van der Waals surface area (Å²) >= 11 is 1.59. The Kier molecular flexibility index (Phi) is 3.48. The van der Waals surface area contributed by atoms with Crippen LogP contribution < -0.4 is 5.32 Å². The molecule has 1 aliphatic rings. The Bertz CT molecular complexity index is 379. The molecule has 2 rings (SSSR count). The normalized spacial score (nSPS) is 24.6. The van der Waals surface area contributed by atoms with Crippen LogP contribution in [0.5, 0.6) is 0 Å². The summed E-state index contributed by atoms with van der Waals surface area (Å²) in [5.41, 5.74) is 1.91. The van der Waals surface area contributed by atoms with Gasteiger partial charge in [0.15, 0.2) is 0 Å². The van der Waals surface area contributed by atoms with Crippen molar-refractivity contribution in [1.82, 2.24) is 5.32 Å². The second kappa shape index (κ2) is 4.86. The van der Waals surface area contributed by atoms with Crippen molar-refractivity contribution in [2.45, 2.75) is 18.0 Å². The number of hydrogen-bond acceptors (Lipinski definition) is 4. The molecule has 1 aromatic rings. The zero-order valence-corrected chi connectivity index (χ0v) is 9.41. The van der Waals surface area contributed by atoms with Crippen LogP contribution in [0.3, 0.4) is 0 Å². The van der Waals surface area contributed by atoms with Crippen molar-refractivity contribution < 1.29 is 15.0 Å². The molecule has 1 fully saturated rings. The molecular formula is C11H13NO3S. The van der Waals surface area contributed by atoms with Gasteiger partial charge in [-0.25, -0.2) is 0 Å². The average molecular weight is 239 g/mol. The van der Waals surface area contributed by atoms with E-state index >= 15 is 0 Å². The lowest BCUT2D eigenvalue weighted by atomic mass is 10.1. The van der Waals surface area contributed by atoms with E-state index in [0.717, 1.165) is 11.1 Å². The molecule has 4 nitrogen and oxygen atoms in total. The number of carboxylic acid groups (broad SMARTS) is 1. The monoisotopic (exact) mass is 239 g/mol. The third-order valence-corrected chi connectivity index (χ3v) is 3.81. The van der Waals surface area contributed by atoms with Crippen molar-refractivity contribution in [2.24, 2.45) is 0 Å². The van der Waals surface area contributed by atoms with E-state index in [1.54, 1.807) is 11.8 Å². The third-order valence-electron chi connectivity index (χ3n) is 2.55. The van der Waals surface area contributed by atoms with Gasteiger partial charge >= 0.3 is 5.97 Å². The van der Waals surface area contributed by atoms with Crippen molar-refractivity contribution in [2.75, 3.05) is 5.75 Å². The van der Waals surface area contributed by atoms with E-state index in [1.165, 1.54) is 0 Å². The zero-order valence-electron chi connectivity index (χ0n) is 8.59. The molecule has 0 amide bonds. The van der Waals surface area contributed by atoms with Gasteiger partial charge in [-0.05, 0) is 11.1 Å². The number of carboxylic acids is 1. The van der Waals surface area contributed by atoms with Gasteiger partial charge in [-0.1, -0.05) is 24.3 Å². The fourth-order valence-corrected chi connectivity index (χ4v) is 2.84. The minimum Gasteiger partial charge on any atom is -0.480 e. The molecule has 86 valence electrons. The summed E-state index contributed by atoms with van der Waals surface area (Å²) in [7, 11) is 0. The molecule has 0 saturated carbocycles. The summed E-state index contributed by atoms with van der Waals surface area (Å²) in [5.74, 6) is -0.219. The molecule has 0 aliphatic carbocycles. The first-order valence-corrected chi connectivity index (χ1v) is 6.05. The SMILES string of the molecule is O=C(O)[C@@H]1CSC(c2ccc(CO)cc2)N1. The molecule has 0 radical (unpaired) electrons. The van der Waals surface area contributed by atoms with Crippen LogP contribution in [0.25, 0.3) is 0 Å². The quantitative estimate of drug-likeness (QED) is 0.733. The Labute approximate surface area is 97.7 Å². The van der Waals surface area contributed by atoms with Gasteiger partial charge in [0.1, 0.15) is 6.04 Å². The van der Waals surface area contributed by atoms with E-state index in [-0.39, 0.29) is 12.0 Å². The second-order valence-corrected chi connectivity index (χ2v) is 4.81. The summed E-state index contributed by atoms with van der Waals surface area (Å²) in [6.45, 7) is 0.0310. The van der Waals surface area contributed by atoms with Crippen LogP contribution in [-0.2, 0) is 11.4 Å². The van der Waals surface area contributed by atoms with Crippen LogP contribution in [0.15, 0.2) is 24.3 Å². The number of aliphatic hydroxyl groups is 1. The van der Waals surface area contributed by atoms with Gasteiger partial charge in [-0.3, -0.25) is 10.1 Å². The van der Waals surface area contributed by atoms with E-state index in [9.17, 15) is 4.79 Å². The first kappa shape index (κ1) is 11.4. The second-order valence-electron chi connectivity index (χ2n) is 3.67. The van der Waals surface area contributed by atoms with Gasteiger partial charge in [-0.2, -0.15) is 0 Å². The minimum absolute atomic E-state index is 0.0310. The highest BCUT2D eigenvalue weighted by atomic mass is 32.2. The summed E-state index contributed by atoms with van der Waals surface area (Å²) in [6.07, 6.45) is 0. The van der Waals surface area contributed by atoms with E-state index in [0.29, 0.717) is 5.75 Å². The molecular weight excluding hydrogens is 226 g/mol. The van der Waals surface area contributed by atoms with E-state index in [1.807, 2.05) is 24.3 Å². The maximum Gasteiger partial charge on any atom is 0.321 e. The predicted molar refractivity (Wildman–Crippen MR) is 62.1 cm³/mol. The minimum atomic E-state index is -0.804. The van der Waals surface area contributed by atoms with Crippen LogP contribution in [0.2, 0.25) is 0 Å². The Morgan fingerprint density at radius 2 is 2.12 bits per heavy atom. The van der Waals surface area contributed by atoms with Crippen molar-refractivity contribution in [3.8, 4) is 0 Å². The van der Waals surface area contributed by atoms with Crippen LogP contribution >= 0.6 is 11.8 Å². The Morgan fingerprint density at radius 3 is 2.62 bits per heavy atom. The van der Waals surface area contributed by atoms with E-state index in [4.69, 9.17) is 10.2 Å². The van der Waals surface area contributed by atoms with Crippen LogP contribution in [-0.4, -0.2) is 28.0 Å². The third kappa shape index (κ3) is 2.37. The molecule has 5 heteroatoms. The number of thioether (sulfide) groups is 1. The highest BCUT2D eigenvalue weighted by molar-refractivity contribution is 7.99. The molecule has 0 spiro atoms. The van der Waals surface area contributed by atoms with Gasteiger partial charge in [0.05, 0.1) is 12.0 Å². The first-order chi connectivity index (χ1) is 7.70. The standard InChI is InChI=1S/C11H13NO3S/c13-5-7-1-3-8(4-2-7)10-12-9(6-16-10)11(14)15/h1-4,9-10,12-13H,5-6H2,(H,14,15)/t9-,10?/m0/s1. The smallest absolute Gasteiger partial charge is 0.321 e. The molecule has 0 aromatic heterocycles. The number of hydrogen-bond donors (Lipinski definition) is 3. The van der Waals surface area contributed by atoms with Gasteiger partial charge in [0, 0.05) is 5.75 Å². The molecule has 1 unspecified atom stereocenters. The summed E-state index contributed by atoms with van der Waals surface area (Å²) in [5, 5.41) is 20.8. The number of aliphatic carboxylic acids is 1. The lowest BCUT2D eigenvalue weighted by molar-refractivity contribution is -0.138. The fourth-order valence-electron chi connectivity index (χ4n) is 1.60. The molecule has 1 heterocycles. The molecule has 16 heavy (non-hydrogen) atoms. The van der Waals surface area contributed by atoms with Gasteiger partial charge in [0.2, 0.25) is 0 Å². The van der Waals surface area contributed by atoms with Gasteiger partial charge < -0.3 is 10.2 Å². The zero-order chi connectivity index (χ0) is 11.5. The number of rotatable bonds is 3. The summed E-state index contributed by atoms with van der Waals surface area (Å²) in [6, 6.07) is 7.07. The van der Waals surface area contributed by atoms with Crippen molar-refractivity contribution in [3.05, 3.63) is 35.4 Å². The molecule has 0 bridgehead atoms. The maximum absolute atomic E-state index is 10.8. The Balaban J connectivity index is 2.05. The predicted octanol–water partition coefficient (Wildman–Crippen LogP) is 0.967. The van der Waals surface area contributed by atoms with Gasteiger partial charge in [-0.15, -0.1) is 11.8 Å². The summed E-state index contributed by atoms with van der Waals surface area (Å²) < 4.78 is 0. The highest BCUT2D eigenvalue weighted by Gasteiger charge is 2.29.